The van der Waals surface area contributed by atoms with Crippen LogP contribution in [0.25, 0.3) is 0 Å². The number of hydrogen-bond donors (Lipinski definition) is 1. The van der Waals surface area contributed by atoms with Crippen molar-refractivity contribution in [1.29, 1.82) is 0 Å². The zero-order chi connectivity index (χ0) is 12.9. The number of hydrogen-bond acceptors (Lipinski definition) is 2. The van der Waals surface area contributed by atoms with Gasteiger partial charge in [-0.3, -0.25) is 4.99 Å². The highest BCUT2D eigenvalue weighted by atomic mass is 32.2. The minimum Gasteiger partial charge on any atom is -0.361 e. The Kier molecular flexibility index (Phi) is 5.06. The molecule has 17 heavy (non-hydrogen) atoms. The summed E-state index contributed by atoms with van der Waals surface area (Å²) in [6.45, 7) is 7.53. The van der Waals surface area contributed by atoms with Crippen molar-refractivity contribution in [3.63, 3.8) is 0 Å². The van der Waals surface area contributed by atoms with E-state index < -0.39 is 0 Å². The molecular formula is C14H22N2S. The molecule has 0 aliphatic rings. The first-order valence-electron chi connectivity index (χ1n) is 5.81. The predicted octanol–water partition coefficient (Wildman–Crippen LogP) is 3.42. The topological polar surface area (TPSA) is 24.4 Å². The number of amidine groups is 1. The van der Waals surface area contributed by atoms with Gasteiger partial charge in [0.25, 0.3) is 0 Å². The first-order valence-corrected chi connectivity index (χ1v) is 7.04. The summed E-state index contributed by atoms with van der Waals surface area (Å²) in [6.07, 6.45) is 2.03. The number of rotatable bonds is 2. The van der Waals surface area contributed by atoms with Crippen LogP contribution in [0.1, 0.15) is 31.9 Å². The van der Waals surface area contributed by atoms with Crippen molar-refractivity contribution in [3.8, 4) is 0 Å². The van der Waals surface area contributed by atoms with Gasteiger partial charge in [-0.15, -0.1) is 0 Å². The number of thioether (sulfide) groups is 1. The summed E-state index contributed by atoms with van der Waals surface area (Å²) in [5.41, 5.74) is 2.88. The lowest BCUT2D eigenvalue weighted by Gasteiger charge is -2.19. The van der Waals surface area contributed by atoms with E-state index in [4.69, 9.17) is 0 Å². The maximum atomic E-state index is 4.15. The molecule has 2 nitrogen and oxygen atoms in total. The summed E-state index contributed by atoms with van der Waals surface area (Å²) in [5, 5.41) is 4.28. The van der Waals surface area contributed by atoms with Crippen LogP contribution in [0, 0.1) is 0 Å². The molecule has 0 aliphatic carbocycles. The Morgan fingerprint density at radius 2 is 1.82 bits per heavy atom. The van der Waals surface area contributed by atoms with Gasteiger partial charge in [-0.1, -0.05) is 56.8 Å². The predicted molar refractivity (Wildman–Crippen MR) is 78.9 cm³/mol. The lowest BCUT2D eigenvalue weighted by atomic mass is 9.87. The average molecular weight is 250 g/mol. The van der Waals surface area contributed by atoms with E-state index >= 15 is 0 Å². The molecule has 0 atom stereocenters. The molecule has 0 unspecified atom stereocenters. The monoisotopic (exact) mass is 250 g/mol. The van der Waals surface area contributed by atoms with Crippen molar-refractivity contribution in [3.05, 3.63) is 35.4 Å². The standard InChI is InChI=1S/C14H22N2S/c1-14(2,3)12-8-6-11(7-9-12)10-16-13(15-4)17-5/h6-9H,10H2,1-5H3,(H,15,16). The number of nitrogens with one attached hydrogen (secondary N) is 1. The maximum absolute atomic E-state index is 4.15. The highest BCUT2D eigenvalue weighted by Crippen LogP contribution is 2.22. The molecule has 1 aromatic carbocycles. The lowest BCUT2D eigenvalue weighted by molar-refractivity contribution is 0.590. The van der Waals surface area contributed by atoms with Gasteiger partial charge in [0.05, 0.1) is 0 Å². The molecule has 0 radical (unpaired) electrons. The zero-order valence-corrected chi connectivity index (χ0v) is 12.2. The largest absolute Gasteiger partial charge is 0.361 e. The molecule has 0 saturated carbocycles. The van der Waals surface area contributed by atoms with Gasteiger partial charge in [0.1, 0.15) is 0 Å². The molecule has 0 amide bonds. The summed E-state index contributed by atoms with van der Waals surface area (Å²) in [7, 11) is 1.81. The Bertz CT molecular complexity index is 374. The molecule has 1 aromatic rings. The van der Waals surface area contributed by atoms with Crippen LogP contribution in [0.3, 0.4) is 0 Å². The van der Waals surface area contributed by atoms with Crippen molar-refractivity contribution in [2.24, 2.45) is 4.99 Å². The molecule has 0 spiro atoms. The van der Waals surface area contributed by atoms with Crippen molar-refractivity contribution < 1.29 is 0 Å². The van der Waals surface area contributed by atoms with Crippen LogP contribution in [0.5, 0.6) is 0 Å². The molecule has 0 heterocycles. The Hall–Kier alpha value is -0.960. The van der Waals surface area contributed by atoms with Gasteiger partial charge < -0.3 is 5.32 Å². The normalized spacial score (nSPS) is 12.6. The van der Waals surface area contributed by atoms with E-state index in [0.29, 0.717) is 0 Å². The molecule has 0 saturated heterocycles. The third-order valence-corrected chi connectivity index (χ3v) is 3.37. The van der Waals surface area contributed by atoms with E-state index in [1.54, 1.807) is 11.8 Å². The SMILES string of the molecule is CN=C(NCc1ccc(C(C)(C)C)cc1)SC. The molecule has 1 rings (SSSR count). The smallest absolute Gasteiger partial charge is 0.156 e. The minimum atomic E-state index is 0.223. The van der Waals surface area contributed by atoms with E-state index in [1.807, 2.05) is 13.3 Å². The highest BCUT2D eigenvalue weighted by Gasteiger charge is 2.12. The Balaban J connectivity index is 2.63. The van der Waals surface area contributed by atoms with Gasteiger partial charge in [0.15, 0.2) is 5.17 Å². The van der Waals surface area contributed by atoms with Crippen molar-refractivity contribution in [2.75, 3.05) is 13.3 Å². The molecule has 0 fully saturated rings. The van der Waals surface area contributed by atoms with Crippen molar-refractivity contribution in [1.82, 2.24) is 5.32 Å². The van der Waals surface area contributed by atoms with Crippen LogP contribution in [-0.4, -0.2) is 18.5 Å². The molecule has 94 valence electrons. The van der Waals surface area contributed by atoms with Gasteiger partial charge in [-0.25, -0.2) is 0 Å². The molecular weight excluding hydrogens is 228 g/mol. The number of nitrogens with zero attached hydrogens (tertiary/aromatic N) is 1. The summed E-state index contributed by atoms with van der Waals surface area (Å²) < 4.78 is 0. The van der Waals surface area contributed by atoms with E-state index in [-0.39, 0.29) is 5.41 Å². The third-order valence-electron chi connectivity index (χ3n) is 2.66. The maximum Gasteiger partial charge on any atom is 0.156 e. The fraction of sp³-hybridized carbons (Fsp3) is 0.500. The first kappa shape index (κ1) is 14.1. The summed E-state index contributed by atoms with van der Waals surface area (Å²) >= 11 is 1.64. The summed E-state index contributed by atoms with van der Waals surface area (Å²) in [4.78, 5) is 4.15. The second-order valence-corrected chi connectivity index (χ2v) is 5.83. The Morgan fingerprint density at radius 3 is 2.24 bits per heavy atom. The van der Waals surface area contributed by atoms with Crippen LogP contribution >= 0.6 is 11.8 Å². The van der Waals surface area contributed by atoms with Crippen molar-refractivity contribution in [2.45, 2.75) is 32.7 Å². The third kappa shape index (κ3) is 4.43. The summed E-state index contributed by atoms with van der Waals surface area (Å²) in [6, 6.07) is 8.78. The van der Waals surface area contributed by atoms with Crippen LogP contribution in [0.2, 0.25) is 0 Å². The molecule has 0 aromatic heterocycles. The Labute approximate surface area is 109 Å². The average Bonchev–Trinajstić information content (AvgIpc) is 2.30. The van der Waals surface area contributed by atoms with Crippen LogP contribution in [0.15, 0.2) is 29.3 Å². The van der Waals surface area contributed by atoms with Crippen LogP contribution in [0.4, 0.5) is 0 Å². The van der Waals surface area contributed by atoms with E-state index in [2.05, 4.69) is 55.3 Å². The minimum absolute atomic E-state index is 0.223. The molecule has 0 bridgehead atoms. The number of aliphatic imine (C=N–C) groups is 1. The van der Waals surface area contributed by atoms with E-state index in [9.17, 15) is 0 Å². The van der Waals surface area contributed by atoms with E-state index in [0.717, 1.165) is 11.7 Å². The van der Waals surface area contributed by atoms with Crippen LogP contribution < -0.4 is 5.32 Å². The fourth-order valence-corrected chi connectivity index (χ4v) is 1.94. The quantitative estimate of drug-likeness (QED) is 0.642. The summed E-state index contributed by atoms with van der Waals surface area (Å²) in [5.74, 6) is 0. The number of benzene rings is 1. The Morgan fingerprint density at radius 1 is 1.24 bits per heavy atom. The van der Waals surface area contributed by atoms with Gasteiger partial charge >= 0.3 is 0 Å². The lowest BCUT2D eigenvalue weighted by Crippen LogP contribution is -2.19. The van der Waals surface area contributed by atoms with Gasteiger partial charge in [0.2, 0.25) is 0 Å². The van der Waals surface area contributed by atoms with Crippen molar-refractivity contribution >= 4 is 16.9 Å². The van der Waals surface area contributed by atoms with Gasteiger partial charge in [-0.05, 0) is 22.8 Å². The molecule has 0 aliphatic heterocycles. The molecule has 1 N–H and O–H groups in total. The second kappa shape index (κ2) is 6.10. The first-order chi connectivity index (χ1) is 7.97. The molecule has 3 heteroatoms. The zero-order valence-electron chi connectivity index (χ0n) is 11.4. The highest BCUT2D eigenvalue weighted by molar-refractivity contribution is 8.13. The van der Waals surface area contributed by atoms with Crippen LogP contribution in [-0.2, 0) is 12.0 Å². The van der Waals surface area contributed by atoms with Gasteiger partial charge in [-0.2, -0.15) is 0 Å². The van der Waals surface area contributed by atoms with Gasteiger partial charge in [0, 0.05) is 13.6 Å². The second-order valence-electron chi connectivity index (χ2n) is 5.03. The fourth-order valence-electron chi connectivity index (χ4n) is 1.54. The van der Waals surface area contributed by atoms with E-state index in [1.165, 1.54) is 11.1 Å².